The zero-order chi connectivity index (χ0) is 18.2. The Hall–Kier alpha value is -2.69. The van der Waals surface area contributed by atoms with Crippen molar-refractivity contribution in [1.82, 2.24) is 18.8 Å². The molecule has 0 aliphatic heterocycles. The molecule has 1 fully saturated rings. The molecule has 132 valence electrons. The van der Waals surface area contributed by atoms with Gasteiger partial charge in [0.15, 0.2) is 0 Å². The van der Waals surface area contributed by atoms with Gasteiger partial charge in [-0.25, -0.2) is 14.4 Å². The van der Waals surface area contributed by atoms with Gasteiger partial charge in [0.1, 0.15) is 17.1 Å². The molecule has 4 nitrogen and oxygen atoms in total. The summed E-state index contributed by atoms with van der Waals surface area (Å²) >= 11 is 0. The van der Waals surface area contributed by atoms with Crippen LogP contribution in [-0.2, 0) is 0 Å². The van der Waals surface area contributed by atoms with E-state index in [0.717, 1.165) is 34.8 Å². The van der Waals surface area contributed by atoms with E-state index in [1.165, 1.54) is 17.2 Å². The normalized spacial score (nSPS) is 19.6. The van der Waals surface area contributed by atoms with E-state index in [1.807, 2.05) is 4.40 Å². The van der Waals surface area contributed by atoms with Crippen LogP contribution in [0.4, 0.5) is 4.39 Å². The van der Waals surface area contributed by atoms with E-state index in [0.29, 0.717) is 17.4 Å². The van der Waals surface area contributed by atoms with Gasteiger partial charge in [-0.2, -0.15) is 0 Å². The number of hydrogen-bond acceptors (Lipinski definition) is 2. The van der Waals surface area contributed by atoms with Crippen molar-refractivity contribution in [3.05, 3.63) is 70.3 Å². The molecule has 5 heteroatoms. The summed E-state index contributed by atoms with van der Waals surface area (Å²) < 4.78 is 18.0. The fourth-order valence-corrected chi connectivity index (χ4v) is 4.00. The molecule has 0 radical (unpaired) electrons. The third-order valence-electron chi connectivity index (χ3n) is 5.93. The fraction of sp³-hybridized carbons (Fsp3) is 0.333. The maximum absolute atomic E-state index is 13.9. The zero-order valence-electron chi connectivity index (χ0n) is 15.4. The molecule has 0 aromatic carbocycles. The van der Waals surface area contributed by atoms with Crippen LogP contribution >= 0.6 is 0 Å². The first-order valence-electron chi connectivity index (χ1n) is 9.04. The number of hydrogen-bond donors (Lipinski definition) is 0. The maximum atomic E-state index is 13.9. The smallest absolute Gasteiger partial charge is 0.143 e. The van der Waals surface area contributed by atoms with Gasteiger partial charge in [-0.05, 0) is 57.4 Å². The standard InChI is InChI=1S/C21H21FN4/c1-11-5-7-25-10-18(23-20(25)12(11)2)15-9-16(15)19-14(4)26-8-6-17(22)13(3)21(26)24-19/h5-8,10,15-16H,9H2,1-4H3. The van der Waals surface area contributed by atoms with Crippen molar-refractivity contribution in [1.29, 1.82) is 0 Å². The Morgan fingerprint density at radius 1 is 0.962 bits per heavy atom. The Bertz CT molecular complexity index is 1180. The summed E-state index contributed by atoms with van der Waals surface area (Å²) in [4.78, 5) is 9.68. The first-order valence-corrected chi connectivity index (χ1v) is 9.04. The molecule has 4 heterocycles. The Morgan fingerprint density at radius 2 is 1.77 bits per heavy atom. The third kappa shape index (κ3) is 2.06. The van der Waals surface area contributed by atoms with Gasteiger partial charge in [-0.15, -0.1) is 0 Å². The van der Waals surface area contributed by atoms with Crippen molar-refractivity contribution in [2.75, 3.05) is 0 Å². The number of rotatable bonds is 2. The highest BCUT2D eigenvalue weighted by atomic mass is 19.1. The molecular weight excluding hydrogens is 327 g/mol. The van der Waals surface area contributed by atoms with Crippen LogP contribution in [0.15, 0.2) is 30.7 Å². The first kappa shape index (κ1) is 15.6. The SMILES string of the molecule is Cc1ccn2cc(C3CC3c3nc4c(C)c(F)ccn4c3C)nc2c1C. The topological polar surface area (TPSA) is 34.6 Å². The van der Waals surface area contributed by atoms with Crippen LogP contribution in [0, 0.1) is 33.5 Å². The summed E-state index contributed by atoms with van der Waals surface area (Å²) in [7, 11) is 0. The van der Waals surface area contributed by atoms with Gasteiger partial charge in [0.05, 0.1) is 11.4 Å². The molecule has 5 rings (SSSR count). The van der Waals surface area contributed by atoms with Gasteiger partial charge in [0.2, 0.25) is 0 Å². The highest BCUT2D eigenvalue weighted by Crippen LogP contribution is 2.54. The lowest BCUT2D eigenvalue weighted by molar-refractivity contribution is 0.617. The van der Waals surface area contributed by atoms with E-state index in [1.54, 1.807) is 13.1 Å². The summed E-state index contributed by atoms with van der Waals surface area (Å²) in [6, 6.07) is 3.64. The summed E-state index contributed by atoms with van der Waals surface area (Å²) in [6.07, 6.45) is 7.04. The lowest BCUT2D eigenvalue weighted by atomic mass is 10.2. The average molecular weight is 348 g/mol. The molecular formula is C21H21FN4. The summed E-state index contributed by atoms with van der Waals surface area (Å²) in [5.41, 5.74) is 8.17. The number of pyridine rings is 2. The number of imidazole rings is 2. The van der Waals surface area contributed by atoms with E-state index in [2.05, 4.69) is 43.6 Å². The molecule has 0 saturated heterocycles. The van der Waals surface area contributed by atoms with Gasteiger partial charge in [0.25, 0.3) is 0 Å². The van der Waals surface area contributed by atoms with Gasteiger partial charge in [0, 0.05) is 41.7 Å². The quantitative estimate of drug-likeness (QED) is 0.529. The average Bonchev–Trinajstić information content (AvgIpc) is 3.17. The van der Waals surface area contributed by atoms with Crippen molar-refractivity contribution < 1.29 is 4.39 Å². The number of halogens is 1. The summed E-state index contributed by atoms with van der Waals surface area (Å²) in [6.45, 7) is 8.10. The van der Waals surface area contributed by atoms with Crippen LogP contribution in [-0.4, -0.2) is 18.8 Å². The first-order chi connectivity index (χ1) is 12.5. The fourth-order valence-electron chi connectivity index (χ4n) is 4.00. The molecule has 2 atom stereocenters. The van der Waals surface area contributed by atoms with Crippen molar-refractivity contribution >= 4 is 11.3 Å². The molecule has 26 heavy (non-hydrogen) atoms. The number of aryl methyl sites for hydroxylation is 4. The van der Waals surface area contributed by atoms with E-state index in [9.17, 15) is 4.39 Å². The van der Waals surface area contributed by atoms with Crippen molar-refractivity contribution in [3.63, 3.8) is 0 Å². The molecule has 4 aromatic heterocycles. The molecule has 4 aromatic rings. The minimum absolute atomic E-state index is 0.201. The second-order valence-electron chi connectivity index (χ2n) is 7.53. The van der Waals surface area contributed by atoms with Gasteiger partial charge in [-0.3, -0.25) is 0 Å². The second-order valence-corrected chi connectivity index (χ2v) is 7.53. The summed E-state index contributed by atoms with van der Waals surface area (Å²) in [5, 5.41) is 0. The van der Waals surface area contributed by atoms with Crippen molar-refractivity contribution in [3.8, 4) is 0 Å². The third-order valence-corrected chi connectivity index (χ3v) is 5.93. The van der Waals surface area contributed by atoms with Crippen molar-refractivity contribution in [2.45, 2.75) is 46.0 Å². The van der Waals surface area contributed by atoms with E-state index >= 15 is 0 Å². The van der Waals surface area contributed by atoms with E-state index < -0.39 is 0 Å². The molecule has 1 saturated carbocycles. The lowest BCUT2D eigenvalue weighted by Gasteiger charge is -2.00. The number of nitrogens with zero attached hydrogens (tertiary/aromatic N) is 4. The highest BCUT2D eigenvalue weighted by molar-refractivity contribution is 5.54. The highest BCUT2D eigenvalue weighted by Gasteiger charge is 2.44. The lowest BCUT2D eigenvalue weighted by Crippen LogP contribution is -1.93. The number of fused-ring (bicyclic) bond motifs is 2. The van der Waals surface area contributed by atoms with Crippen LogP contribution < -0.4 is 0 Å². The largest absolute Gasteiger partial charge is 0.307 e. The second kappa shape index (κ2) is 5.16. The Balaban J connectivity index is 1.55. The van der Waals surface area contributed by atoms with Crippen LogP contribution in [0.3, 0.4) is 0 Å². The Kier molecular flexibility index (Phi) is 3.09. The summed E-state index contributed by atoms with van der Waals surface area (Å²) in [5.74, 6) is 0.555. The monoisotopic (exact) mass is 348 g/mol. The zero-order valence-corrected chi connectivity index (χ0v) is 15.4. The van der Waals surface area contributed by atoms with Gasteiger partial charge >= 0.3 is 0 Å². The van der Waals surface area contributed by atoms with Crippen molar-refractivity contribution in [2.24, 2.45) is 0 Å². The molecule has 2 unspecified atom stereocenters. The number of aromatic nitrogens is 4. The Morgan fingerprint density at radius 3 is 2.58 bits per heavy atom. The van der Waals surface area contributed by atoms with Gasteiger partial charge in [-0.1, -0.05) is 0 Å². The van der Waals surface area contributed by atoms with E-state index in [4.69, 9.17) is 9.97 Å². The van der Waals surface area contributed by atoms with Crippen LogP contribution in [0.2, 0.25) is 0 Å². The van der Waals surface area contributed by atoms with Crippen LogP contribution in [0.25, 0.3) is 11.3 Å². The predicted molar refractivity (Wildman–Crippen MR) is 99.4 cm³/mol. The van der Waals surface area contributed by atoms with Crippen LogP contribution in [0.5, 0.6) is 0 Å². The molecule has 1 aliphatic carbocycles. The van der Waals surface area contributed by atoms with Crippen LogP contribution in [0.1, 0.15) is 52.0 Å². The molecule has 0 N–H and O–H groups in total. The molecule has 0 spiro atoms. The molecule has 0 bridgehead atoms. The minimum atomic E-state index is -0.201. The molecule has 1 aliphatic rings. The van der Waals surface area contributed by atoms with Gasteiger partial charge < -0.3 is 8.80 Å². The van der Waals surface area contributed by atoms with E-state index in [-0.39, 0.29) is 5.82 Å². The minimum Gasteiger partial charge on any atom is -0.307 e. The molecule has 0 amide bonds. The maximum Gasteiger partial charge on any atom is 0.143 e. The predicted octanol–water partition coefficient (Wildman–Crippen LogP) is 4.63. The Labute approximate surface area is 151 Å².